The van der Waals surface area contributed by atoms with Crippen LogP contribution in [0.15, 0.2) is 30.5 Å². The summed E-state index contributed by atoms with van der Waals surface area (Å²) in [4.78, 5) is 47.9. The molecule has 5 rings (SSSR count). The maximum Gasteiger partial charge on any atom is 0.332 e. The number of benzene rings is 1. The number of carbonyl (C=O) groups excluding carboxylic acids is 3. The fourth-order valence-electron chi connectivity index (χ4n) is 4.91. The number of pyridine rings is 1. The molecule has 8 heteroatoms. The number of urea groups is 1. The van der Waals surface area contributed by atoms with Crippen LogP contribution in [0, 0.1) is 17.2 Å². The maximum absolute atomic E-state index is 13.4. The van der Waals surface area contributed by atoms with Gasteiger partial charge in [0, 0.05) is 23.2 Å². The largest absolute Gasteiger partial charge is 0.335 e. The highest BCUT2D eigenvalue weighted by Crippen LogP contribution is 2.43. The van der Waals surface area contributed by atoms with Crippen LogP contribution in [-0.4, -0.2) is 57.3 Å². The molecular weight excluding hydrogens is 370 g/mol. The van der Waals surface area contributed by atoms with Crippen molar-refractivity contribution in [1.82, 2.24) is 14.8 Å². The van der Waals surface area contributed by atoms with E-state index in [2.05, 4.69) is 4.98 Å². The number of carbonyl (C=O) groups is 3. The van der Waals surface area contributed by atoms with Gasteiger partial charge < -0.3 is 9.80 Å². The van der Waals surface area contributed by atoms with Gasteiger partial charge in [0.1, 0.15) is 17.8 Å². The van der Waals surface area contributed by atoms with E-state index in [1.807, 2.05) is 19.9 Å². The smallest absolute Gasteiger partial charge is 0.332 e. The molecule has 0 N–H and O–H groups in total. The van der Waals surface area contributed by atoms with Gasteiger partial charge in [0.25, 0.3) is 5.91 Å². The van der Waals surface area contributed by atoms with Crippen LogP contribution in [0.5, 0.6) is 0 Å². The Balaban J connectivity index is 1.57. The first kappa shape index (κ1) is 17.6. The van der Waals surface area contributed by atoms with E-state index in [-0.39, 0.29) is 41.5 Å². The lowest BCUT2D eigenvalue weighted by atomic mass is 10.1. The highest BCUT2D eigenvalue weighted by atomic mass is 16.2. The molecule has 3 saturated heterocycles. The monoisotopic (exact) mass is 389 g/mol. The summed E-state index contributed by atoms with van der Waals surface area (Å²) in [6.07, 6.45) is 2.05. The summed E-state index contributed by atoms with van der Waals surface area (Å²) in [6, 6.07) is 7.71. The van der Waals surface area contributed by atoms with Crippen molar-refractivity contribution in [1.29, 1.82) is 5.26 Å². The summed E-state index contributed by atoms with van der Waals surface area (Å²) in [6.45, 7) is 4.15. The molecule has 2 aromatic rings. The van der Waals surface area contributed by atoms with E-state index in [9.17, 15) is 19.6 Å². The SMILES string of the molecule is CC(C)C(=O)N1C[C@H]2CC1C1C(=O)N(c3cnc(C#N)c4ccccc34)C(=O)N12. The number of likely N-dealkylation sites (tertiary alicyclic amines) is 1. The number of rotatable bonds is 2. The lowest BCUT2D eigenvalue weighted by Gasteiger charge is -2.35. The average molecular weight is 389 g/mol. The Hall–Kier alpha value is -3.47. The summed E-state index contributed by atoms with van der Waals surface area (Å²) in [5, 5.41) is 10.6. The highest BCUT2D eigenvalue weighted by molar-refractivity contribution is 6.25. The molecule has 3 atom stereocenters. The second kappa shape index (κ2) is 6.01. The molecule has 3 aliphatic rings. The minimum atomic E-state index is -0.654. The van der Waals surface area contributed by atoms with Gasteiger partial charge in [-0.05, 0) is 6.42 Å². The van der Waals surface area contributed by atoms with Crippen molar-refractivity contribution in [2.75, 3.05) is 11.4 Å². The minimum Gasteiger partial charge on any atom is -0.335 e. The second-order valence-corrected chi connectivity index (χ2v) is 8.06. The summed E-state index contributed by atoms with van der Waals surface area (Å²) >= 11 is 0. The van der Waals surface area contributed by atoms with Gasteiger partial charge >= 0.3 is 6.03 Å². The van der Waals surface area contributed by atoms with E-state index >= 15 is 0 Å². The highest BCUT2D eigenvalue weighted by Gasteiger charge is 2.63. The van der Waals surface area contributed by atoms with Crippen molar-refractivity contribution in [3.63, 3.8) is 0 Å². The number of hydrogen-bond acceptors (Lipinski definition) is 5. The number of amides is 4. The lowest BCUT2D eigenvalue weighted by Crippen LogP contribution is -2.55. The van der Waals surface area contributed by atoms with E-state index in [1.54, 1.807) is 34.1 Å². The van der Waals surface area contributed by atoms with E-state index in [1.165, 1.54) is 11.1 Å². The van der Waals surface area contributed by atoms with Crippen LogP contribution >= 0.6 is 0 Å². The van der Waals surface area contributed by atoms with Crippen molar-refractivity contribution in [2.24, 2.45) is 5.92 Å². The average Bonchev–Trinajstić information content (AvgIpc) is 3.38. The fraction of sp³-hybridized carbons (Fsp3) is 0.381. The Morgan fingerprint density at radius 1 is 1.24 bits per heavy atom. The Kier molecular flexibility index (Phi) is 3.65. The van der Waals surface area contributed by atoms with E-state index in [0.29, 0.717) is 29.4 Å². The van der Waals surface area contributed by atoms with E-state index in [0.717, 1.165) is 0 Å². The topological polar surface area (TPSA) is 97.6 Å². The molecule has 3 aliphatic heterocycles. The number of nitrogens with zero attached hydrogens (tertiary/aromatic N) is 5. The molecule has 2 unspecified atom stereocenters. The van der Waals surface area contributed by atoms with Gasteiger partial charge in [-0.25, -0.2) is 14.7 Å². The normalized spacial score (nSPS) is 25.3. The molecule has 0 radical (unpaired) electrons. The molecule has 0 saturated carbocycles. The van der Waals surface area contributed by atoms with Gasteiger partial charge in [-0.1, -0.05) is 38.1 Å². The van der Waals surface area contributed by atoms with Crippen molar-refractivity contribution >= 4 is 34.3 Å². The van der Waals surface area contributed by atoms with Crippen LogP contribution in [0.4, 0.5) is 10.5 Å². The van der Waals surface area contributed by atoms with E-state index in [4.69, 9.17) is 0 Å². The van der Waals surface area contributed by atoms with Crippen molar-refractivity contribution in [3.05, 3.63) is 36.2 Å². The van der Waals surface area contributed by atoms with Crippen LogP contribution in [0.2, 0.25) is 0 Å². The van der Waals surface area contributed by atoms with Gasteiger partial charge in [0.05, 0.1) is 24.0 Å². The van der Waals surface area contributed by atoms with Crippen LogP contribution in [-0.2, 0) is 9.59 Å². The first-order valence-corrected chi connectivity index (χ1v) is 9.68. The molecule has 4 heterocycles. The molecule has 0 spiro atoms. The Morgan fingerprint density at radius 3 is 2.66 bits per heavy atom. The van der Waals surface area contributed by atoms with Crippen LogP contribution in [0.25, 0.3) is 10.8 Å². The fourth-order valence-corrected chi connectivity index (χ4v) is 4.91. The Labute approximate surface area is 167 Å². The predicted octanol–water partition coefficient (Wildman–Crippen LogP) is 1.88. The third kappa shape index (κ3) is 2.24. The number of anilines is 1. The summed E-state index contributed by atoms with van der Waals surface area (Å²) in [5.74, 6) is -0.473. The third-order valence-corrected chi connectivity index (χ3v) is 6.16. The lowest BCUT2D eigenvalue weighted by molar-refractivity contribution is -0.138. The van der Waals surface area contributed by atoms with Crippen LogP contribution < -0.4 is 4.90 Å². The predicted molar refractivity (Wildman–Crippen MR) is 104 cm³/mol. The standard InChI is InChI=1S/C21H19N5O3/c1-11(2)19(27)24-10-12-7-16(24)18-20(28)26(21(29)25(12)18)17-9-23-15(8-22)13-5-3-4-6-14(13)17/h3-6,9,11-12,16,18H,7,10H2,1-2H3/t12-,16?,18?/m1/s1. The van der Waals surface area contributed by atoms with Crippen molar-refractivity contribution in [2.45, 2.75) is 38.4 Å². The van der Waals surface area contributed by atoms with Crippen molar-refractivity contribution in [3.8, 4) is 6.07 Å². The quantitative estimate of drug-likeness (QED) is 0.731. The number of imide groups is 1. The number of nitriles is 1. The number of fused-ring (bicyclic) bond motifs is 6. The van der Waals surface area contributed by atoms with Crippen LogP contribution in [0.1, 0.15) is 26.0 Å². The summed E-state index contributed by atoms with van der Waals surface area (Å²) in [5.41, 5.74) is 0.628. The number of piperazine rings is 1. The maximum atomic E-state index is 13.4. The molecule has 2 bridgehead atoms. The van der Waals surface area contributed by atoms with Gasteiger partial charge in [0.2, 0.25) is 5.91 Å². The zero-order valence-corrected chi connectivity index (χ0v) is 16.1. The molecular formula is C21H19N5O3. The first-order valence-electron chi connectivity index (χ1n) is 9.68. The van der Waals surface area contributed by atoms with Gasteiger partial charge in [0.15, 0.2) is 0 Å². The van der Waals surface area contributed by atoms with Gasteiger partial charge in [-0.3, -0.25) is 9.59 Å². The zero-order chi connectivity index (χ0) is 20.4. The minimum absolute atomic E-state index is 0.0151. The molecule has 29 heavy (non-hydrogen) atoms. The molecule has 4 amide bonds. The Bertz CT molecular complexity index is 1120. The molecule has 1 aromatic carbocycles. The molecule has 0 aliphatic carbocycles. The third-order valence-electron chi connectivity index (χ3n) is 6.16. The Morgan fingerprint density at radius 2 is 1.97 bits per heavy atom. The second-order valence-electron chi connectivity index (χ2n) is 8.06. The van der Waals surface area contributed by atoms with Gasteiger partial charge in [-0.15, -0.1) is 0 Å². The van der Waals surface area contributed by atoms with Crippen molar-refractivity contribution < 1.29 is 14.4 Å². The first-order chi connectivity index (χ1) is 13.9. The molecule has 1 aromatic heterocycles. The number of aromatic nitrogens is 1. The summed E-state index contributed by atoms with van der Waals surface area (Å²) in [7, 11) is 0. The summed E-state index contributed by atoms with van der Waals surface area (Å²) < 4.78 is 0. The molecule has 8 nitrogen and oxygen atoms in total. The zero-order valence-electron chi connectivity index (χ0n) is 16.1. The number of hydrogen-bond donors (Lipinski definition) is 0. The van der Waals surface area contributed by atoms with Gasteiger partial charge in [-0.2, -0.15) is 5.26 Å². The van der Waals surface area contributed by atoms with E-state index < -0.39 is 6.04 Å². The molecule has 3 fully saturated rings. The molecule has 146 valence electrons. The van der Waals surface area contributed by atoms with Crippen LogP contribution in [0.3, 0.4) is 0 Å².